The SMILES string of the molecule is CC/C=C\C/C=C\C/C=C\C/C=C\C/C=C\C/C=C\CCC(=O)NCCNC(=O)c1ccc(C)cc1OC(C)=O.CC/C=C\C/C=C\C/C=C\C/C=C\C/C=C\C/C=C\CCC(=O)OCC(NC(=O)c1ccc(C)cc1OC(C)=O)C(=O)O. The maximum atomic E-state index is 12.6. The van der Waals surface area contributed by atoms with Crippen molar-refractivity contribution in [3.8, 4) is 11.5 Å². The van der Waals surface area contributed by atoms with Gasteiger partial charge in [-0.2, -0.15) is 0 Å². The molecule has 0 fully saturated rings. The van der Waals surface area contributed by atoms with Crippen LogP contribution in [-0.2, 0) is 28.7 Å². The average molecular weight is 1140 g/mol. The van der Waals surface area contributed by atoms with Crippen molar-refractivity contribution < 1.29 is 52.9 Å². The molecule has 0 aliphatic rings. The first kappa shape index (κ1) is 72.6. The second kappa shape index (κ2) is 49.4. The third-order valence-electron chi connectivity index (χ3n) is 11.3. The van der Waals surface area contributed by atoms with E-state index in [4.69, 9.17) is 14.2 Å². The fraction of sp³-hybridized carbons (Fsp3) is 0.377. The van der Waals surface area contributed by atoms with Gasteiger partial charge >= 0.3 is 23.9 Å². The molecule has 2 aromatic rings. The topological polar surface area (TPSA) is 203 Å². The molecule has 0 saturated carbocycles. The standard InChI is InChI=1S/C35H45NO7.C34H46N2O4/c1-4-5-6-7-8-9-10-11-12-13-14-15-16-17-18-19-20-21-22-23-33(38)42-27-31(35(40)41)36-34(39)30-25-24-28(2)26-32(30)43-29(3)37;1-4-5-6-7-8-9-10-11-12-13-14-15-16-17-18-19-20-21-22-23-33(38)35-26-27-36-34(39)31-25-24-29(2)28-32(31)40-30(3)37/h5-6,8-9,11-12,14-15,17-18,20-21,24-26,31H,4,7,10,13,16,19,22-23,27H2,1-3H3,(H,36,39)(H,40,41);5-6,8-9,11-12,14-15,17-18,20-21,24-25,28H,4,7,10,13,16,19,22-23,26-27H2,1-3H3,(H,35,38)(H,36,39)/b2*6-5-,9-8-,12-11-,15-14-,18-17-,21-20-. The van der Waals surface area contributed by atoms with Crippen LogP contribution in [0.15, 0.2) is 182 Å². The Morgan fingerprint density at radius 2 is 0.795 bits per heavy atom. The molecule has 14 nitrogen and oxygen atoms in total. The maximum absolute atomic E-state index is 12.6. The van der Waals surface area contributed by atoms with Gasteiger partial charge in [-0.05, 0) is 139 Å². The van der Waals surface area contributed by atoms with Crippen molar-refractivity contribution in [3.63, 3.8) is 0 Å². The normalized spacial score (nSPS) is 12.4. The minimum atomic E-state index is -1.46. The molecule has 1 unspecified atom stereocenters. The van der Waals surface area contributed by atoms with E-state index in [2.05, 4.69) is 151 Å². The highest BCUT2D eigenvalue weighted by atomic mass is 16.5. The van der Waals surface area contributed by atoms with E-state index in [1.807, 2.05) is 31.2 Å². The lowest BCUT2D eigenvalue weighted by atomic mass is 10.1. The summed E-state index contributed by atoms with van der Waals surface area (Å²) in [7, 11) is 0. The van der Waals surface area contributed by atoms with Crippen LogP contribution in [0.5, 0.6) is 11.5 Å². The number of carboxylic acids is 1. The molecule has 3 amide bonds. The Kier molecular flexibility index (Phi) is 43.2. The van der Waals surface area contributed by atoms with Gasteiger partial charge in [0.05, 0.1) is 11.1 Å². The highest BCUT2D eigenvalue weighted by Crippen LogP contribution is 2.22. The number of benzene rings is 2. The number of carbonyl (C=O) groups is 7. The van der Waals surface area contributed by atoms with E-state index in [1.165, 1.54) is 26.0 Å². The predicted molar refractivity (Wildman–Crippen MR) is 335 cm³/mol. The summed E-state index contributed by atoms with van der Waals surface area (Å²) in [5, 5.41) is 17.3. The van der Waals surface area contributed by atoms with E-state index in [-0.39, 0.29) is 47.4 Å². The Morgan fingerprint density at radius 1 is 0.458 bits per heavy atom. The number of aryl methyl sites for hydroxylation is 2. The highest BCUT2D eigenvalue weighted by molar-refractivity contribution is 6.00. The smallest absolute Gasteiger partial charge is 0.329 e. The number of hydrogen-bond acceptors (Lipinski definition) is 10. The van der Waals surface area contributed by atoms with Gasteiger partial charge in [0.25, 0.3) is 11.8 Å². The molecule has 0 heterocycles. The molecule has 2 rings (SSSR count). The number of nitrogens with one attached hydrogen (secondary N) is 3. The van der Waals surface area contributed by atoms with Crippen molar-refractivity contribution in [3.05, 3.63) is 204 Å². The number of amides is 3. The van der Waals surface area contributed by atoms with E-state index in [0.29, 0.717) is 25.8 Å². The number of ether oxygens (including phenoxy) is 3. The van der Waals surface area contributed by atoms with Crippen LogP contribution in [0.4, 0.5) is 0 Å². The van der Waals surface area contributed by atoms with Gasteiger partial charge in [-0.15, -0.1) is 0 Å². The van der Waals surface area contributed by atoms with Gasteiger partial charge in [0.15, 0.2) is 6.04 Å². The zero-order valence-electron chi connectivity index (χ0n) is 49.9. The van der Waals surface area contributed by atoms with E-state index in [0.717, 1.165) is 88.2 Å². The van der Waals surface area contributed by atoms with Gasteiger partial charge in [-0.25, -0.2) is 4.79 Å². The van der Waals surface area contributed by atoms with Crippen LogP contribution >= 0.6 is 0 Å². The third kappa shape index (κ3) is 41.3. The van der Waals surface area contributed by atoms with Crippen molar-refractivity contribution in [2.24, 2.45) is 0 Å². The molecule has 0 aliphatic heterocycles. The first-order valence-corrected chi connectivity index (χ1v) is 28.8. The number of carbonyl (C=O) groups excluding carboxylic acids is 6. The highest BCUT2D eigenvalue weighted by Gasteiger charge is 2.25. The average Bonchev–Trinajstić information content (AvgIpc) is 3.66. The predicted octanol–water partition coefficient (Wildman–Crippen LogP) is 14.4. The molecule has 0 spiro atoms. The first-order chi connectivity index (χ1) is 40.2. The summed E-state index contributed by atoms with van der Waals surface area (Å²) in [6.07, 6.45) is 64.0. The van der Waals surface area contributed by atoms with Crippen LogP contribution in [0.2, 0.25) is 0 Å². The first-order valence-electron chi connectivity index (χ1n) is 28.8. The van der Waals surface area contributed by atoms with Gasteiger partial charge in [-0.3, -0.25) is 28.8 Å². The largest absolute Gasteiger partial charge is 0.480 e. The summed E-state index contributed by atoms with van der Waals surface area (Å²) >= 11 is 0. The molecule has 83 heavy (non-hydrogen) atoms. The number of esters is 3. The Hall–Kier alpha value is -8.39. The monoisotopic (exact) mass is 1140 g/mol. The van der Waals surface area contributed by atoms with E-state index < -0.39 is 42.4 Å². The van der Waals surface area contributed by atoms with E-state index in [1.54, 1.807) is 31.2 Å². The van der Waals surface area contributed by atoms with E-state index >= 15 is 0 Å². The lowest BCUT2D eigenvalue weighted by Gasteiger charge is -2.16. The fourth-order valence-electron chi connectivity index (χ4n) is 7.03. The quantitative estimate of drug-likeness (QED) is 0.0215. The summed E-state index contributed by atoms with van der Waals surface area (Å²) < 4.78 is 15.3. The molecule has 0 aliphatic carbocycles. The van der Waals surface area contributed by atoms with Gasteiger partial charge in [0.1, 0.15) is 18.1 Å². The lowest BCUT2D eigenvalue weighted by molar-refractivity contribution is -0.148. The van der Waals surface area contributed by atoms with Gasteiger partial charge < -0.3 is 35.3 Å². The molecule has 1 atom stereocenters. The fourth-order valence-corrected chi connectivity index (χ4v) is 7.03. The molecule has 0 aromatic heterocycles. The molecule has 0 radical (unpaired) electrons. The van der Waals surface area contributed by atoms with Crippen LogP contribution in [0.3, 0.4) is 0 Å². The molecular weight excluding hydrogens is 1050 g/mol. The Bertz CT molecular complexity index is 2640. The molecule has 14 heteroatoms. The number of rotatable bonds is 39. The Morgan fingerprint density at radius 3 is 1.16 bits per heavy atom. The number of hydrogen-bond donors (Lipinski definition) is 4. The minimum Gasteiger partial charge on any atom is -0.480 e. The van der Waals surface area contributed by atoms with Crippen LogP contribution in [-0.4, -0.2) is 72.4 Å². The summed E-state index contributed by atoms with van der Waals surface area (Å²) in [4.78, 5) is 83.4. The lowest BCUT2D eigenvalue weighted by Crippen LogP contribution is -2.44. The van der Waals surface area contributed by atoms with Crippen LogP contribution in [0.25, 0.3) is 0 Å². The molecular formula is C69H91N3O11. The number of aliphatic carboxylic acids is 1. The summed E-state index contributed by atoms with van der Waals surface area (Å²) in [6.45, 7) is 10.4. The number of allylic oxidation sites excluding steroid dienone is 24. The van der Waals surface area contributed by atoms with Crippen molar-refractivity contribution >= 4 is 41.6 Å². The van der Waals surface area contributed by atoms with Gasteiger partial charge in [-0.1, -0.05) is 172 Å². The number of carboxylic acid groups (broad SMARTS) is 1. The molecule has 448 valence electrons. The van der Waals surface area contributed by atoms with Crippen LogP contribution < -0.4 is 25.4 Å². The molecule has 0 saturated heterocycles. The second-order valence-corrected chi connectivity index (χ2v) is 18.7. The zero-order chi connectivity index (χ0) is 61.0. The van der Waals surface area contributed by atoms with Gasteiger partial charge in [0, 0.05) is 39.8 Å². The van der Waals surface area contributed by atoms with Crippen molar-refractivity contribution in [1.29, 1.82) is 0 Å². The van der Waals surface area contributed by atoms with E-state index in [9.17, 15) is 38.7 Å². The Balaban J connectivity index is 0.000000832. The molecule has 0 bridgehead atoms. The summed E-state index contributed by atoms with van der Waals surface area (Å²) in [5.41, 5.74) is 1.91. The van der Waals surface area contributed by atoms with Gasteiger partial charge in [0.2, 0.25) is 5.91 Å². The summed E-state index contributed by atoms with van der Waals surface area (Å²) in [6, 6.07) is 8.14. The molecule has 4 N–H and O–H groups in total. The molecule has 2 aromatic carbocycles. The van der Waals surface area contributed by atoms with Crippen molar-refractivity contribution in [1.82, 2.24) is 16.0 Å². The zero-order valence-corrected chi connectivity index (χ0v) is 49.9. The summed E-state index contributed by atoms with van der Waals surface area (Å²) in [5.74, 6) is -3.98. The minimum absolute atomic E-state index is 0.00368. The van der Waals surface area contributed by atoms with Crippen LogP contribution in [0.1, 0.15) is 162 Å². The second-order valence-electron chi connectivity index (χ2n) is 18.7. The van der Waals surface area contributed by atoms with Crippen molar-refractivity contribution in [2.75, 3.05) is 19.7 Å². The van der Waals surface area contributed by atoms with Crippen LogP contribution in [0, 0.1) is 13.8 Å². The Labute approximate surface area is 494 Å². The third-order valence-corrected chi connectivity index (χ3v) is 11.3. The maximum Gasteiger partial charge on any atom is 0.329 e. The van der Waals surface area contributed by atoms with Crippen molar-refractivity contribution in [2.45, 2.75) is 150 Å².